The van der Waals surface area contributed by atoms with Crippen LogP contribution in [0.4, 0.5) is 5.69 Å². The lowest BCUT2D eigenvalue weighted by Gasteiger charge is -2.34. The van der Waals surface area contributed by atoms with Crippen LogP contribution in [0.1, 0.15) is 30.5 Å². The van der Waals surface area contributed by atoms with Gasteiger partial charge in [-0.25, -0.2) is 8.42 Å². The molecule has 0 saturated carbocycles. The standard InChI is InChI=1S/C29H33BrClN3O4S/c1-20(2)32-29(36)27(17-22-9-6-5-7-10-22)33(18-23-13-15-24(30)16-14-23)28(35)19-34(39(4,37)38)26-12-8-11-25(31)21(26)3/h5-16,20,27H,17-19H2,1-4H3,(H,32,36). The summed E-state index contributed by atoms with van der Waals surface area (Å²) in [6, 6.07) is 20.8. The molecule has 1 unspecified atom stereocenters. The van der Waals surface area contributed by atoms with E-state index in [0.29, 0.717) is 16.3 Å². The van der Waals surface area contributed by atoms with Crippen LogP contribution in [-0.4, -0.2) is 50.0 Å². The van der Waals surface area contributed by atoms with Gasteiger partial charge in [-0.15, -0.1) is 0 Å². The highest BCUT2D eigenvalue weighted by Crippen LogP contribution is 2.28. The monoisotopic (exact) mass is 633 g/mol. The molecule has 1 atom stereocenters. The number of hydrogen-bond acceptors (Lipinski definition) is 4. The molecule has 3 rings (SSSR count). The smallest absolute Gasteiger partial charge is 0.244 e. The van der Waals surface area contributed by atoms with E-state index in [4.69, 9.17) is 11.6 Å². The summed E-state index contributed by atoms with van der Waals surface area (Å²) < 4.78 is 27.8. The molecule has 3 aromatic rings. The van der Waals surface area contributed by atoms with E-state index in [1.165, 1.54) is 4.90 Å². The zero-order valence-electron chi connectivity index (χ0n) is 22.4. The molecule has 2 amide bonds. The lowest BCUT2D eigenvalue weighted by molar-refractivity contribution is -0.140. The van der Waals surface area contributed by atoms with Crippen LogP contribution in [0.15, 0.2) is 77.3 Å². The average Bonchev–Trinajstić information content (AvgIpc) is 2.87. The third-order valence-electron chi connectivity index (χ3n) is 6.16. The Labute approximate surface area is 244 Å². The molecule has 0 saturated heterocycles. The van der Waals surface area contributed by atoms with E-state index in [1.807, 2.05) is 68.4 Å². The van der Waals surface area contributed by atoms with Gasteiger partial charge < -0.3 is 10.2 Å². The fourth-order valence-corrected chi connectivity index (χ4v) is 5.52. The second kappa shape index (κ2) is 13.5. The number of hydrogen-bond donors (Lipinski definition) is 1. The molecule has 10 heteroatoms. The van der Waals surface area contributed by atoms with Crippen molar-refractivity contribution in [3.05, 3.63) is 99.0 Å². The second-order valence-electron chi connectivity index (χ2n) is 9.67. The summed E-state index contributed by atoms with van der Waals surface area (Å²) in [6.45, 7) is 5.03. The molecule has 0 heterocycles. The van der Waals surface area contributed by atoms with Gasteiger partial charge in [-0.05, 0) is 61.7 Å². The Morgan fingerprint density at radius 1 is 0.949 bits per heavy atom. The SMILES string of the molecule is Cc1c(Cl)cccc1N(CC(=O)N(Cc1ccc(Br)cc1)C(Cc1ccccc1)C(=O)NC(C)C)S(C)(=O)=O. The van der Waals surface area contributed by atoms with E-state index in [9.17, 15) is 18.0 Å². The predicted molar refractivity (Wildman–Crippen MR) is 160 cm³/mol. The first kappa shape index (κ1) is 30.7. The number of nitrogens with zero attached hydrogens (tertiary/aromatic N) is 2. The molecule has 0 spiro atoms. The Morgan fingerprint density at radius 2 is 1.59 bits per heavy atom. The van der Waals surface area contributed by atoms with Gasteiger partial charge in [-0.2, -0.15) is 0 Å². The van der Waals surface area contributed by atoms with Gasteiger partial charge in [0.2, 0.25) is 21.8 Å². The maximum Gasteiger partial charge on any atom is 0.244 e. The number of carbonyl (C=O) groups excluding carboxylic acids is 2. The first-order chi connectivity index (χ1) is 18.4. The summed E-state index contributed by atoms with van der Waals surface area (Å²) in [5.41, 5.74) is 2.52. The topological polar surface area (TPSA) is 86.8 Å². The molecular weight excluding hydrogens is 602 g/mol. The molecule has 0 aliphatic carbocycles. The van der Waals surface area contributed by atoms with Gasteiger partial charge in [0.05, 0.1) is 11.9 Å². The molecule has 0 bridgehead atoms. The minimum absolute atomic E-state index is 0.112. The first-order valence-electron chi connectivity index (χ1n) is 12.5. The van der Waals surface area contributed by atoms with Crippen LogP contribution in [0, 0.1) is 6.92 Å². The van der Waals surface area contributed by atoms with Crippen molar-refractivity contribution in [1.82, 2.24) is 10.2 Å². The third-order valence-corrected chi connectivity index (χ3v) is 8.22. The number of benzene rings is 3. The number of carbonyl (C=O) groups is 2. The number of rotatable bonds is 11. The quantitative estimate of drug-likeness (QED) is 0.309. The van der Waals surface area contributed by atoms with Crippen LogP contribution in [0.25, 0.3) is 0 Å². The molecule has 0 radical (unpaired) electrons. The van der Waals surface area contributed by atoms with Crippen molar-refractivity contribution in [3.63, 3.8) is 0 Å². The lowest BCUT2D eigenvalue weighted by atomic mass is 10.0. The van der Waals surface area contributed by atoms with Gasteiger partial charge in [0.1, 0.15) is 12.6 Å². The molecule has 0 aliphatic heterocycles. The molecular formula is C29H33BrClN3O4S. The molecule has 0 aromatic heterocycles. The summed E-state index contributed by atoms with van der Waals surface area (Å²) >= 11 is 9.71. The molecule has 208 valence electrons. The zero-order chi connectivity index (χ0) is 28.7. The van der Waals surface area contributed by atoms with Crippen LogP contribution in [-0.2, 0) is 32.6 Å². The van der Waals surface area contributed by atoms with E-state index in [2.05, 4.69) is 21.2 Å². The summed E-state index contributed by atoms with van der Waals surface area (Å²) in [7, 11) is -3.87. The van der Waals surface area contributed by atoms with Crippen LogP contribution in [0.5, 0.6) is 0 Å². The van der Waals surface area contributed by atoms with Crippen molar-refractivity contribution in [2.24, 2.45) is 0 Å². The Bertz CT molecular complexity index is 1400. The van der Waals surface area contributed by atoms with Crippen LogP contribution in [0.2, 0.25) is 5.02 Å². The fraction of sp³-hybridized carbons (Fsp3) is 0.310. The number of amides is 2. The zero-order valence-corrected chi connectivity index (χ0v) is 25.6. The molecule has 0 aliphatic rings. The summed E-state index contributed by atoms with van der Waals surface area (Å²) in [5.74, 6) is -0.827. The highest BCUT2D eigenvalue weighted by atomic mass is 79.9. The van der Waals surface area contributed by atoms with Crippen molar-refractivity contribution < 1.29 is 18.0 Å². The Kier molecular flexibility index (Phi) is 10.6. The molecule has 0 fully saturated rings. The number of halogens is 2. The number of nitrogens with one attached hydrogen (secondary N) is 1. The summed E-state index contributed by atoms with van der Waals surface area (Å²) in [6.07, 6.45) is 1.31. The number of sulfonamides is 1. The number of anilines is 1. The lowest BCUT2D eigenvalue weighted by Crippen LogP contribution is -2.54. The summed E-state index contributed by atoms with van der Waals surface area (Å²) in [4.78, 5) is 29.1. The Balaban J connectivity index is 2.07. The van der Waals surface area contributed by atoms with Crippen LogP contribution >= 0.6 is 27.5 Å². The minimum Gasteiger partial charge on any atom is -0.352 e. The molecule has 7 nitrogen and oxygen atoms in total. The van der Waals surface area contributed by atoms with Crippen LogP contribution < -0.4 is 9.62 Å². The van der Waals surface area contributed by atoms with Gasteiger partial charge in [0.15, 0.2) is 0 Å². The minimum atomic E-state index is -3.87. The molecule has 1 N–H and O–H groups in total. The second-order valence-corrected chi connectivity index (χ2v) is 12.9. The van der Waals surface area contributed by atoms with E-state index < -0.39 is 28.5 Å². The van der Waals surface area contributed by atoms with E-state index >= 15 is 0 Å². The van der Waals surface area contributed by atoms with E-state index in [-0.39, 0.29) is 24.9 Å². The van der Waals surface area contributed by atoms with Crippen molar-refractivity contribution in [3.8, 4) is 0 Å². The Morgan fingerprint density at radius 3 is 2.18 bits per heavy atom. The van der Waals surface area contributed by atoms with Crippen molar-refractivity contribution in [1.29, 1.82) is 0 Å². The predicted octanol–water partition coefficient (Wildman–Crippen LogP) is 5.34. The Hall–Kier alpha value is -2.88. The van der Waals surface area contributed by atoms with Crippen LogP contribution in [0.3, 0.4) is 0 Å². The maximum atomic E-state index is 14.1. The highest BCUT2D eigenvalue weighted by molar-refractivity contribution is 9.10. The largest absolute Gasteiger partial charge is 0.352 e. The normalized spacial score (nSPS) is 12.2. The summed E-state index contributed by atoms with van der Waals surface area (Å²) in [5, 5.41) is 3.32. The van der Waals surface area contributed by atoms with Crippen molar-refractivity contribution >= 4 is 55.1 Å². The average molecular weight is 635 g/mol. The first-order valence-corrected chi connectivity index (χ1v) is 15.5. The molecule has 3 aromatic carbocycles. The molecule has 39 heavy (non-hydrogen) atoms. The van der Waals surface area contributed by atoms with E-state index in [1.54, 1.807) is 25.1 Å². The van der Waals surface area contributed by atoms with Gasteiger partial charge >= 0.3 is 0 Å². The van der Waals surface area contributed by atoms with Gasteiger partial charge in [0.25, 0.3) is 0 Å². The van der Waals surface area contributed by atoms with Gasteiger partial charge in [-0.1, -0.05) is 76.1 Å². The highest BCUT2D eigenvalue weighted by Gasteiger charge is 2.33. The maximum absolute atomic E-state index is 14.1. The van der Waals surface area contributed by atoms with Crippen molar-refractivity contribution in [2.45, 2.75) is 45.8 Å². The van der Waals surface area contributed by atoms with Gasteiger partial charge in [-0.3, -0.25) is 13.9 Å². The van der Waals surface area contributed by atoms with E-state index in [0.717, 1.165) is 26.2 Å². The third kappa shape index (κ3) is 8.55. The van der Waals surface area contributed by atoms with Crippen molar-refractivity contribution in [2.75, 3.05) is 17.1 Å². The fourth-order valence-electron chi connectivity index (χ4n) is 4.18. The van der Waals surface area contributed by atoms with Gasteiger partial charge in [0, 0.05) is 28.5 Å².